The fourth-order valence-electron chi connectivity index (χ4n) is 2.53. The van der Waals surface area contributed by atoms with Crippen LogP contribution in [0.4, 0.5) is 5.69 Å². The molecule has 1 aliphatic rings. The highest BCUT2D eigenvalue weighted by atomic mass is 32.1. The van der Waals surface area contributed by atoms with Gasteiger partial charge in [-0.1, -0.05) is 19.1 Å². The Labute approximate surface area is 151 Å². The quantitative estimate of drug-likeness (QED) is 0.821. The van der Waals surface area contributed by atoms with E-state index in [2.05, 4.69) is 15.2 Å². The Morgan fingerprint density at radius 2 is 2.16 bits per heavy atom. The Kier molecular flexibility index (Phi) is 6.38. The van der Waals surface area contributed by atoms with Gasteiger partial charge in [-0.3, -0.25) is 9.69 Å². The van der Waals surface area contributed by atoms with Crippen LogP contribution in [0.15, 0.2) is 29.6 Å². The van der Waals surface area contributed by atoms with E-state index in [9.17, 15) is 4.79 Å². The molecule has 2 heterocycles. The van der Waals surface area contributed by atoms with Crippen molar-refractivity contribution in [3.05, 3.63) is 40.3 Å². The van der Waals surface area contributed by atoms with Crippen LogP contribution in [-0.4, -0.2) is 48.7 Å². The van der Waals surface area contributed by atoms with E-state index in [1.54, 1.807) is 5.38 Å². The van der Waals surface area contributed by atoms with Crippen LogP contribution in [0.1, 0.15) is 28.8 Å². The molecule has 1 amide bonds. The highest BCUT2D eigenvalue weighted by Crippen LogP contribution is 2.25. The number of carbonyl (C=O) groups excluding carboxylic acids is 1. The predicted molar refractivity (Wildman–Crippen MR) is 98.4 cm³/mol. The van der Waals surface area contributed by atoms with Gasteiger partial charge in [-0.25, -0.2) is 4.98 Å². The lowest BCUT2D eigenvalue weighted by Crippen LogP contribution is -2.35. The van der Waals surface area contributed by atoms with Gasteiger partial charge in [0, 0.05) is 18.5 Å². The van der Waals surface area contributed by atoms with Gasteiger partial charge in [0.05, 0.1) is 32.1 Å². The van der Waals surface area contributed by atoms with Crippen LogP contribution in [0.2, 0.25) is 0 Å². The summed E-state index contributed by atoms with van der Waals surface area (Å²) in [6.07, 6.45) is 0.916. The normalized spacial score (nSPS) is 15.1. The Balaban J connectivity index is 1.62. The van der Waals surface area contributed by atoms with E-state index < -0.39 is 0 Å². The van der Waals surface area contributed by atoms with Crippen molar-refractivity contribution < 1.29 is 14.3 Å². The van der Waals surface area contributed by atoms with Crippen molar-refractivity contribution in [2.24, 2.45) is 0 Å². The van der Waals surface area contributed by atoms with Gasteiger partial charge in [-0.05, 0) is 18.6 Å². The van der Waals surface area contributed by atoms with Crippen LogP contribution in [0.5, 0.6) is 5.75 Å². The molecule has 0 bridgehead atoms. The summed E-state index contributed by atoms with van der Waals surface area (Å²) < 4.78 is 11.0. The zero-order valence-electron chi connectivity index (χ0n) is 14.4. The minimum Gasteiger partial charge on any atom is -0.491 e. The SMILES string of the molecule is CCCOc1ccccc1NC(=O)c1csc(CN2CCOCC2)n1. The Morgan fingerprint density at radius 3 is 2.96 bits per heavy atom. The van der Waals surface area contributed by atoms with E-state index in [0.717, 1.165) is 44.3 Å². The molecule has 7 heteroatoms. The molecule has 0 saturated carbocycles. The first-order chi connectivity index (χ1) is 12.3. The summed E-state index contributed by atoms with van der Waals surface area (Å²) in [5.41, 5.74) is 1.11. The average Bonchev–Trinajstić information content (AvgIpc) is 3.10. The Bertz CT molecular complexity index is 698. The summed E-state index contributed by atoms with van der Waals surface area (Å²) in [6, 6.07) is 7.46. The van der Waals surface area contributed by atoms with E-state index in [1.165, 1.54) is 11.3 Å². The second-order valence-electron chi connectivity index (χ2n) is 5.81. The lowest BCUT2D eigenvalue weighted by Gasteiger charge is -2.25. The van der Waals surface area contributed by atoms with E-state index in [-0.39, 0.29) is 5.91 Å². The molecule has 2 aromatic rings. The van der Waals surface area contributed by atoms with Gasteiger partial charge < -0.3 is 14.8 Å². The summed E-state index contributed by atoms with van der Waals surface area (Å²) in [7, 11) is 0. The minimum absolute atomic E-state index is 0.211. The van der Waals surface area contributed by atoms with E-state index in [4.69, 9.17) is 9.47 Å². The molecule has 0 unspecified atom stereocenters. The highest BCUT2D eigenvalue weighted by Gasteiger charge is 2.16. The molecule has 0 atom stereocenters. The number of para-hydroxylation sites is 2. The summed E-state index contributed by atoms with van der Waals surface area (Å²) in [4.78, 5) is 19.3. The topological polar surface area (TPSA) is 63.7 Å². The number of benzene rings is 1. The number of carbonyl (C=O) groups is 1. The van der Waals surface area contributed by atoms with E-state index in [0.29, 0.717) is 23.7 Å². The first kappa shape index (κ1) is 17.8. The van der Waals surface area contributed by atoms with Crippen molar-refractivity contribution in [1.29, 1.82) is 0 Å². The maximum absolute atomic E-state index is 12.5. The number of nitrogens with one attached hydrogen (secondary N) is 1. The zero-order chi connectivity index (χ0) is 17.5. The molecular weight excluding hydrogens is 338 g/mol. The molecule has 0 radical (unpaired) electrons. The monoisotopic (exact) mass is 361 g/mol. The molecule has 1 aromatic heterocycles. The molecule has 1 fully saturated rings. The lowest BCUT2D eigenvalue weighted by molar-refractivity contribution is 0.0341. The van der Waals surface area contributed by atoms with Crippen molar-refractivity contribution in [3.8, 4) is 5.75 Å². The molecule has 0 aliphatic carbocycles. The molecule has 0 spiro atoms. The van der Waals surface area contributed by atoms with Crippen molar-refractivity contribution in [2.45, 2.75) is 19.9 Å². The molecule has 3 rings (SSSR count). The molecule has 1 aromatic carbocycles. The van der Waals surface area contributed by atoms with Gasteiger partial charge in [0.2, 0.25) is 0 Å². The summed E-state index contributed by atoms with van der Waals surface area (Å²) >= 11 is 1.51. The summed E-state index contributed by atoms with van der Waals surface area (Å²) in [6.45, 7) is 6.75. The highest BCUT2D eigenvalue weighted by molar-refractivity contribution is 7.09. The fourth-order valence-corrected chi connectivity index (χ4v) is 3.35. The zero-order valence-corrected chi connectivity index (χ0v) is 15.2. The largest absolute Gasteiger partial charge is 0.491 e. The van der Waals surface area contributed by atoms with Crippen molar-refractivity contribution in [3.63, 3.8) is 0 Å². The number of anilines is 1. The number of thiazole rings is 1. The number of aromatic nitrogens is 1. The van der Waals surface area contributed by atoms with Crippen LogP contribution >= 0.6 is 11.3 Å². The summed E-state index contributed by atoms with van der Waals surface area (Å²) in [5, 5.41) is 5.65. The summed E-state index contributed by atoms with van der Waals surface area (Å²) in [5.74, 6) is 0.471. The lowest BCUT2D eigenvalue weighted by atomic mass is 10.3. The number of rotatable bonds is 7. The van der Waals surface area contributed by atoms with Crippen LogP contribution in [-0.2, 0) is 11.3 Å². The van der Waals surface area contributed by atoms with Crippen LogP contribution in [0.25, 0.3) is 0 Å². The molecule has 134 valence electrons. The Morgan fingerprint density at radius 1 is 1.36 bits per heavy atom. The minimum atomic E-state index is -0.211. The van der Waals surface area contributed by atoms with Gasteiger partial charge in [0.1, 0.15) is 16.5 Å². The second-order valence-corrected chi connectivity index (χ2v) is 6.76. The number of nitrogens with zero attached hydrogens (tertiary/aromatic N) is 2. The van der Waals surface area contributed by atoms with Crippen molar-refractivity contribution >= 4 is 22.9 Å². The van der Waals surface area contributed by atoms with Crippen LogP contribution in [0, 0.1) is 0 Å². The number of hydrogen-bond acceptors (Lipinski definition) is 6. The van der Waals surface area contributed by atoms with Gasteiger partial charge in [0.15, 0.2) is 0 Å². The van der Waals surface area contributed by atoms with Crippen LogP contribution < -0.4 is 10.1 Å². The number of hydrogen-bond donors (Lipinski definition) is 1. The molecule has 1 N–H and O–H groups in total. The third-order valence-electron chi connectivity index (χ3n) is 3.84. The maximum atomic E-state index is 12.5. The van der Waals surface area contributed by atoms with Crippen molar-refractivity contribution in [2.75, 3.05) is 38.2 Å². The number of morpholine rings is 1. The predicted octanol–water partition coefficient (Wildman–Crippen LogP) is 3.02. The fraction of sp³-hybridized carbons (Fsp3) is 0.444. The molecule has 1 aliphatic heterocycles. The Hall–Kier alpha value is -1.96. The molecule has 6 nitrogen and oxygen atoms in total. The van der Waals surface area contributed by atoms with Gasteiger partial charge in [-0.15, -0.1) is 11.3 Å². The second kappa shape index (κ2) is 8.94. The van der Waals surface area contributed by atoms with Crippen molar-refractivity contribution in [1.82, 2.24) is 9.88 Å². The van der Waals surface area contributed by atoms with E-state index >= 15 is 0 Å². The van der Waals surface area contributed by atoms with Gasteiger partial charge >= 0.3 is 0 Å². The number of amides is 1. The molecule has 25 heavy (non-hydrogen) atoms. The van der Waals surface area contributed by atoms with E-state index in [1.807, 2.05) is 31.2 Å². The first-order valence-corrected chi connectivity index (χ1v) is 9.42. The number of ether oxygens (including phenoxy) is 2. The third kappa shape index (κ3) is 5.01. The average molecular weight is 361 g/mol. The van der Waals surface area contributed by atoms with Gasteiger partial charge in [0.25, 0.3) is 5.91 Å². The smallest absolute Gasteiger partial charge is 0.275 e. The van der Waals surface area contributed by atoms with Crippen LogP contribution in [0.3, 0.4) is 0 Å². The maximum Gasteiger partial charge on any atom is 0.275 e. The van der Waals surface area contributed by atoms with Gasteiger partial charge in [-0.2, -0.15) is 0 Å². The first-order valence-electron chi connectivity index (χ1n) is 8.54. The third-order valence-corrected chi connectivity index (χ3v) is 4.68. The molecule has 1 saturated heterocycles. The standard InChI is InChI=1S/C18H23N3O3S/c1-2-9-24-16-6-4-3-5-14(16)20-18(22)15-13-25-17(19-15)12-21-7-10-23-11-8-21/h3-6,13H,2,7-12H2,1H3,(H,20,22). The molecular formula is C18H23N3O3S.